The van der Waals surface area contributed by atoms with E-state index in [0.717, 1.165) is 16.5 Å². The van der Waals surface area contributed by atoms with Crippen molar-refractivity contribution in [2.75, 3.05) is 11.9 Å². The largest absolute Gasteiger partial charge is 0.326 e. The Hall–Kier alpha value is -2.71. The van der Waals surface area contributed by atoms with Gasteiger partial charge >= 0.3 is 0 Å². The molecule has 1 aromatic heterocycles. The highest BCUT2D eigenvalue weighted by atomic mass is 32.2. The highest BCUT2D eigenvalue weighted by Gasteiger charge is 2.17. The third-order valence-corrected chi connectivity index (χ3v) is 5.60. The zero-order valence-corrected chi connectivity index (χ0v) is 15.4. The number of sulfonamides is 1. The molecule has 0 saturated carbocycles. The standard InChI is InChI=1S/C18H20N4O3S/c1-12-3-4-13(2)17(9-12)26(24,25)20-8-7-18(23)21-15-5-6-16-14(10-15)11-19-22-16/h3-6,9-11,20H,7-8H2,1-2H3,(H,19,22)(H,21,23). The Labute approximate surface area is 151 Å². The number of carbonyl (C=O) groups excluding carboxylic acids is 1. The number of fused-ring (bicyclic) bond motifs is 1. The minimum Gasteiger partial charge on any atom is -0.326 e. The predicted molar refractivity (Wildman–Crippen MR) is 100 cm³/mol. The molecule has 1 heterocycles. The molecule has 0 aliphatic heterocycles. The summed E-state index contributed by atoms with van der Waals surface area (Å²) in [5.41, 5.74) is 3.05. The summed E-state index contributed by atoms with van der Waals surface area (Å²) >= 11 is 0. The third kappa shape index (κ3) is 4.09. The number of aryl methyl sites for hydroxylation is 2. The highest BCUT2D eigenvalue weighted by molar-refractivity contribution is 7.89. The summed E-state index contributed by atoms with van der Waals surface area (Å²) in [6, 6.07) is 10.6. The van der Waals surface area contributed by atoms with Gasteiger partial charge in [0, 0.05) is 24.0 Å². The topological polar surface area (TPSA) is 104 Å². The lowest BCUT2D eigenvalue weighted by atomic mass is 10.2. The van der Waals surface area contributed by atoms with Crippen LogP contribution in [0, 0.1) is 13.8 Å². The molecule has 0 aliphatic carbocycles. The van der Waals surface area contributed by atoms with Crippen LogP contribution in [-0.2, 0) is 14.8 Å². The van der Waals surface area contributed by atoms with Gasteiger partial charge in [0.25, 0.3) is 0 Å². The fourth-order valence-electron chi connectivity index (χ4n) is 2.62. The number of anilines is 1. The SMILES string of the molecule is Cc1ccc(C)c(S(=O)(=O)NCCC(=O)Nc2ccc3[nH]ncc3c2)c1. The van der Waals surface area contributed by atoms with Gasteiger partial charge in [0.05, 0.1) is 16.6 Å². The Bertz CT molecular complexity index is 1060. The second kappa shape index (κ2) is 7.27. The first-order valence-electron chi connectivity index (χ1n) is 8.15. The maximum Gasteiger partial charge on any atom is 0.240 e. The van der Waals surface area contributed by atoms with Crippen LogP contribution in [0.4, 0.5) is 5.69 Å². The van der Waals surface area contributed by atoms with Crippen LogP contribution in [0.15, 0.2) is 47.5 Å². The second-order valence-electron chi connectivity index (χ2n) is 6.14. The molecule has 7 nitrogen and oxygen atoms in total. The van der Waals surface area contributed by atoms with Crippen LogP contribution < -0.4 is 10.0 Å². The molecular weight excluding hydrogens is 352 g/mol. The van der Waals surface area contributed by atoms with Crippen molar-refractivity contribution in [1.82, 2.24) is 14.9 Å². The summed E-state index contributed by atoms with van der Waals surface area (Å²) in [7, 11) is -3.65. The summed E-state index contributed by atoms with van der Waals surface area (Å²) in [5, 5.41) is 10.4. The van der Waals surface area contributed by atoms with Gasteiger partial charge < -0.3 is 5.32 Å². The van der Waals surface area contributed by atoms with E-state index in [1.807, 2.05) is 19.1 Å². The van der Waals surface area contributed by atoms with E-state index in [4.69, 9.17) is 0 Å². The minimum atomic E-state index is -3.65. The number of carbonyl (C=O) groups is 1. The Kier molecular flexibility index (Phi) is 5.06. The van der Waals surface area contributed by atoms with Gasteiger partial charge in [-0.2, -0.15) is 5.10 Å². The number of aromatic amines is 1. The number of amides is 1. The van der Waals surface area contributed by atoms with Crippen molar-refractivity contribution >= 4 is 32.5 Å². The molecule has 0 aliphatic rings. The highest BCUT2D eigenvalue weighted by Crippen LogP contribution is 2.18. The Balaban J connectivity index is 1.58. The maximum atomic E-state index is 12.4. The van der Waals surface area contributed by atoms with Crippen LogP contribution in [-0.4, -0.2) is 31.1 Å². The van der Waals surface area contributed by atoms with E-state index in [-0.39, 0.29) is 23.8 Å². The molecule has 8 heteroatoms. The number of hydrogen-bond acceptors (Lipinski definition) is 4. The molecule has 136 valence electrons. The fraction of sp³-hybridized carbons (Fsp3) is 0.222. The molecule has 3 aromatic rings. The van der Waals surface area contributed by atoms with Crippen molar-refractivity contribution < 1.29 is 13.2 Å². The molecule has 0 atom stereocenters. The second-order valence-corrected chi connectivity index (χ2v) is 7.87. The van der Waals surface area contributed by atoms with Gasteiger partial charge in [-0.25, -0.2) is 13.1 Å². The van der Waals surface area contributed by atoms with E-state index < -0.39 is 10.0 Å². The Morgan fingerprint density at radius 1 is 1.15 bits per heavy atom. The number of aromatic nitrogens is 2. The zero-order valence-electron chi connectivity index (χ0n) is 14.5. The van der Waals surface area contributed by atoms with Crippen molar-refractivity contribution in [2.45, 2.75) is 25.2 Å². The van der Waals surface area contributed by atoms with Gasteiger partial charge in [0.15, 0.2) is 0 Å². The first-order chi connectivity index (χ1) is 12.3. The molecular formula is C18H20N4O3S. The molecule has 0 saturated heterocycles. The number of nitrogens with one attached hydrogen (secondary N) is 3. The summed E-state index contributed by atoms with van der Waals surface area (Å²) in [6.07, 6.45) is 1.71. The van der Waals surface area contributed by atoms with E-state index in [0.29, 0.717) is 11.3 Å². The summed E-state index contributed by atoms with van der Waals surface area (Å²) in [5.74, 6) is -0.267. The smallest absolute Gasteiger partial charge is 0.240 e. The van der Waals surface area contributed by atoms with Crippen molar-refractivity contribution in [3.8, 4) is 0 Å². The molecule has 3 N–H and O–H groups in total. The quantitative estimate of drug-likeness (QED) is 0.618. The van der Waals surface area contributed by atoms with Gasteiger partial charge in [-0.15, -0.1) is 0 Å². The van der Waals surface area contributed by atoms with E-state index >= 15 is 0 Å². The van der Waals surface area contributed by atoms with Crippen LogP contribution in [0.5, 0.6) is 0 Å². The van der Waals surface area contributed by atoms with E-state index in [1.165, 1.54) is 0 Å². The lowest BCUT2D eigenvalue weighted by molar-refractivity contribution is -0.116. The normalized spacial score (nSPS) is 11.6. The molecule has 0 spiro atoms. The summed E-state index contributed by atoms with van der Waals surface area (Å²) < 4.78 is 27.3. The van der Waals surface area contributed by atoms with Crippen LogP contribution in [0.3, 0.4) is 0 Å². The van der Waals surface area contributed by atoms with Gasteiger partial charge in [0.2, 0.25) is 15.9 Å². The maximum absolute atomic E-state index is 12.4. The molecule has 1 amide bonds. The monoisotopic (exact) mass is 372 g/mol. The van der Waals surface area contributed by atoms with Crippen molar-refractivity contribution in [3.63, 3.8) is 0 Å². The van der Waals surface area contributed by atoms with Crippen LogP contribution in [0.1, 0.15) is 17.5 Å². The average Bonchev–Trinajstić information content (AvgIpc) is 3.04. The number of rotatable bonds is 6. The minimum absolute atomic E-state index is 0.0233. The molecule has 2 aromatic carbocycles. The molecule has 0 unspecified atom stereocenters. The molecule has 0 fully saturated rings. The van der Waals surface area contributed by atoms with Crippen LogP contribution >= 0.6 is 0 Å². The number of benzene rings is 2. The van der Waals surface area contributed by atoms with Gasteiger partial charge in [-0.05, 0) is 49.2 Å². The average molecular weight is 372 g/mol. The van der Waals surface area contributed by atoms with Gasteiger partial charge in [-0.3, -0.25) is 9.89 Å². The van der Waals surface area contributed by atoms with Crippen molar-refractivity contribution in [2.24, 2.45) is 0 Å². The molecule has 26 heavy (non-hydrogen) atoms. The fourth-order valence-corrected chi connectivity index (χ4v) is 3.98. The van der Waals surface area contributed by atoms with Crippen LogP contribution in [0.2, 0.25) is 0 Å². The number of nitrogens with zero attached hydrogens (tertiary/aromatic N) is 1. The first-order valence-corrected chi connectivity index (χ1v) is 9.63. The molecule has 3 rings (SSSR count). The van der Waals surface area contributed by atoms with E-state index in [9.17, 15) is 13.2 Å². The molecule has 0 radical (unpaired) electrons. The van der Waals surface area contributed by atoms with Gasteiger partial charge in [-0.1, -0.05) is 12.1 Å². The number of hydrogen-bond donors (Lipinski definition) is 3. The van der Waals surface area contributed by atoms with Gasteiger partial charge in [0.1, 0.15) is 0 Å². The molecule has 0 bridgehead atoms. The Morgan fingerprint density at radius 2 is 1.96 bits per heavy atom. The number of H-pyrrole nitrogens is 1. The van der Waals surface area contributed by atoms with E-state index in [1.54, 1.807) is 37.4 Å². The lowest BCUT2D eigenvalue weighted by Crippen LogP contribution is -2.28. The summed E-state index contributed by atoms with van der Waals surface area (Å²) in [4.78, 5) is 12.3. The van der Waals surface area contributed by atoms with Crippen molar-refractivity contribution in [1.29, 1.82) is 0 Å². The first kappa shape index (κ1) is 18.1. The van der Waals surface area contributed by atoms with Crippen molar-refractivity contribution in [3.05, 3.63) is 53.7 Å². The van der Waals surface area contributed by atoms with Crippen LogP contribution in [0.25, 0.3) is 10.9 Å². The van der Waals surface area contributed by atoms with E-state index in [2.05, 4.69) is 20.2 Å². The third-order valence-electron chi connectivity index (χ3n) is 4.00. The Morgan fingerprint density at radius 3 is 2.77 bits per heavy atom. The zero-order chi connectivity index (χ0) is 18.7. The summed E-state index contributed by atoms with van der Waals surface area (Å²) in [6.45, 7) is 3.60. The predicted octanol–water partition coefficient (Wildman–Crippen LogP) is 2.49. The lowest BCUT2D eigenvalue weighted by Gasteiger charge is -2.10.